The van der Waals surface area contributed by atoms with Gasteiger partial charge in [0.05, 0.1) is 0 Å². The van der Waals surface area contributed by atoms with E-state index in [9.17, 15) is 9.90 Å². The van der Waals surface area contributed by atoms with Crippen molar-refractivity contribution < 1.29 is 9.90 Å². The Bertz CT molecular complexity index is 475. The third-order valence-electron chi connectivity index (χ3n) is 2.26. The van der Waals surface area contributed by atoms with Gasteiger partial charge in [0.15, 0.2) is 0 Å². The Kier molecular flexibility index (Phi) is 2.19. The van der Waals surface area contributed by atoms with Crippen LogP contribution in [0.3, 0.4) is 0 Å². The maximum absolute atomic E-state index is 10.3. The fourth-order valence-electron chi connectivity index (χ4n) is 1.58. The van der Waals surface area contributed by atoms with Crippen LogP contribution in [0, 0.1) is 0 Å². The van der Waals surface area contributed by atoms with Gasteiger partial charge in [0.25, 0.3) is 0 Å². The van der Waals surface area contributed by atoms with E-state index in [1.54, 1.807) is 12.4 Å². The Labute approximate surface area is 81.8 Å². The molecule has 0 aliphatic rings. The maximum Gasteiger partial charge on any atom is 0.203 e. The fraction of sp³-hybridized carbons (Fsp3) is 0.0833. The van der Waals surface area contributed by atoms with Crippen molar-refractivity contribution in [2.24, 2.45) is 0 Å². The first-order valence-electron chi connectivity index (χ1n) is 4.37. The molecule has 1 radical (unpaired) electrons. The minimum atomic E-state index is 0.132. The van der Waals surface area contributed by atoms with Gasteiger partial charge < -0.3 is 5.11 Å². The van der Waals surface area contributed by atoms with Gasteiger partial charge in [-0.15, -0.1) is 0 Å². The molecular formula is C12H9O2. The maximum atomic E-state index is 10.3. The number of phenolic OH excluding ortho intramolecular Hbond substituents is 1. The molecule has 0 saturated carbocycles. The van der Waals surface area contributed by atoms with E-state index in [0.29, 0.717) is 5.56 Å². The number of fused-ring (bicyclic) bond motifs is 1. The number of hydrogen-bond donors (Lipinski definition) is 1. The van der Waals surface area contributed by atoms with Crippen molar-refractivity contribution >= 4 is 17.1 Å². The zero-order chi connectivity index (χ0) is 9.97. The van der Waals surface area contributed by atoms with E-state index in [1.807, 2.05) is 30.3 Å². The Balaban J connectivity index is 2.75. The third-order valence-corrected chi connectivity index (χ3v) is 2.26. The molecule has 0 aliphatic carbocycles. The summed E-state index contributed by atoms with van der Waals surface area (Å²) >= 11 is 0. The van der Waals surface area contributed by atoms with E-state index in [2.05, 4.69) is 0 Å². The number of hydrogen-bond acceptors (Lipinski definition) is 2. The van der Waals surface area contributed by atoms with E-state index in [1.165, 1.54) is 0 Å². The minimum Gasteiger partial charge on any atom is -0.508 e. The molecule has 2 heteroatoms. The van der Waals surface area contributed by atoms with Crippen molar-refractivity contribution in [3.8, 4) is 5.75 Å². The lowest BCUT2D eigenvalue weighted by Gasteiger charge is -2.05. The molecule has 0 bridgehead atoms. The van der Waals surface area contributed by atoms with Crippen molar-refractivity contribution in [1.29, 1.82) is 0 Å². The predicted octanol–water partition coefficient (Wildman–Crippen LogP) is 2.20. The van der Waals surface area contributed by atoms with Crippen molar-refractivity contribution in [3.05, 3.63) is 42.0 Å². The van der Waals surface area contributed by atoms with Gasteiger partial charge in [-0.1, -0.05) is 30.3 Å². The van der Waals surface area contributed by atoms with Crippen LogP contribution in [-0.2, 0) is 11.2 Å². The molecule has 2 aromatic carbocycles. The molecule has 0 aliphatic heterocycles. The third kappa shape index (κ3) is 1.35. The molecule has 2 rings (SSSR count). The van der Waals surface area contributed by atoms with E-state index < -0.39 is 0 Å². The number of aromatic hydroxyl groups is 1. The van der Waals surface area contributed by atoms with Gasteiger partial charge in [0.1, 0.15) is 5.75 Å². The Morgan fingerprint density at radius 3 is 2.71 bits per heavy atom. The normalized spacial score (nSPS) is 10.3. The Hall–Kier alpha value is -1.83. The summed E-state index contributed by atoms with van der Waals surface area (Å²) < 4.78 is 0. The molecular weight excluding hydrogens is 176 g/mol. The second kappa shape index (κ2) is 3.50. The van der Waals surface area contributed by atoms with Crippen LogP contribution in [0.25, 0.3) is 10.8 Å². The fourth-order valence-corrected chi connectivity index (χ4v) is 1.58. The van der Waals surface area contributed by atoms with Crippen LogP contribution in [0.1, 0.15) is 5.56 Å². The summed E-state index contributed by atoms with van der Waals surface area (Å²) in [5.74, 6) is 0.159. The smallest absolute Gasteiger partial charge is 0.203 e. The number of carbonyl (C=O) groups excluding carboxylic acids is 1. The molecule has 0 unspecified atom stereocenters. The summed E-state index contributed by atoms with van der Waals surface area (Å²) in [5, 5.41) is 11.5. The molecule has 0 aromatic heterocycles. The first-order chi connectivity index (χ1) is 6.83. The first kappa shape index (κ1) is 8.75. The summed E-state index contributed by atoms with van der Waals surface area (Å²) in [6.45, 7) is 0. The minimum absolute atomic E-state index is 0.132. The highest BCUT2D eigenvalue weighted by molar-refractivity contribution is 5.89. The second-order valence-electron chi connectivity index (χ2n) is 3.11. The van der Waals surface area contributed by atoms with Crippen LogP contribution in [-0.4, -0.2) is 11.4 Å². The van der Waals surface area contributed by atoms with Crippen LogP contribution in [0.4, 0.5) is 0 Å². The van der Waals surface area contributed by atoms with Crippen LogP contribution in [0.2, 0.25) is 0 Å². The van der Waals surface area contributed by atoms with Crippen LogP contribution in [0.15, 0.2) is 36.4 Å². The van der Waals surface area contributed by atoms with Gasteiger partial charge in [-0.05, 0) is 16.8 Å². The van der Waals surface area contributed by atoms with Crippen molar-refractivity contribution in [3.63, 3.8) is 0 Å². The Morgan fingerprint density at radius 1 is 1.14 bits per heavy atom. The van der Waals surface area contributed by atoms with Crippen LogP contribution < -0.4 is 0 Å². The molecule has 69 valence electrons. The Morgan fingerprint density at radius 2 is 1.93 bits per heavy atom. The number of phenols is 1. The van der Waals surface area contributed by atoms with E-state index in [-0.39, 0.29) is 12.2 Å². The van der Waals surface area contributed by atoms with E-state index in [0.717, 1.165) is 10.8 Å². The average Bonchev–Trinajstić information content (AvgIpc) is 2.23. The van der Waals surface area contributed by atoms with Crippen molar-refractivity contribution in [2.45, 2.75) is 6.42 Å². The van der Waals surface area contributed by atoms with Crippen LogP contribution in [0.5, 0.6) is 5.75 Å². The van der Waals surface area contributed by atoms with E-state index in [4.69, 9.17) is 0 Å². The SMILES string of the molecule is O=[C]Cc1c(O)ccc2ccccc12. The summed E-state index contributed by atoms with van der Waals surface area (Å²) in [4.78, 5) is 10.3. The lowest BCUT2D eigenvalue weighted by molar-refractivity contribution is 0.470. The largest absolute Gasteiger partial charge is 0.508 e. The van der Waals surface area contributed by atoms with Crippen LogP contribution >= 0.6 is 0 Å². The molecule has 0 heterocycles. The molecule has 0 fully saturated rings. The first-order valence-corrected chi connectivity index (χ1v) is 4.37. The van der Waals surface area contributed by atoms with Gasteiger partial charge in [-0.25, -0.2) is 0 Å². The quantitative estimate of drug-likeness (QED) is 0.778. The average molecular weight is 185 g/mol. The van der Waals surface area contributed by atoms with E-state index >= 15 is 0 Å². The van der Waals surface area contributed by atoms with Gasteiger partial charge in [-0.2, -0.15) is 0 Å². The molecule has 0 spiro atoms. The zero-order valence-corrected chi connectivity index (χ0v) is 7.53. The second-order valence-corrected chi connectivity index (χ2v) is 3.11. The molecule has 2 aromatic rings. The lowest BCUT2D eigenvalue weighted by Crippen LogP contribution is -1.88. The van der Waals surface area contributed by atoms with Gasteiger partial charge >= 0.3 is 0 Å². The van der Waals surface area contributed by atoms with Crippen molar-refractivity contribution in [2.75, 3.05) is 0 Å². The molecule has 0 amide bonds. The number of benzene rings is 2. The molecule has 14 heavy (non-hydrogen) atoms. The summed E-state index contributed by atoms with van der Waals surface area (Å²) in [5.41, 5.74) is 0.651. The summed E-state index contributed by atoms with van der Waals surface area (Å²) in [6.07, 6.45) is 1.94. The monoisotopic (exact) mass is 185 g/mol. The zero-order valence-electron chi connectivity index (χ0n) is 7.53. The molecule has 0 atom stereocenters. The number of rotatable bonds is 2. The summed E-state index contributed by atoms with van der Waals surface area (Å²) in [6, 6.07) is 11.1. The topological polar surface area (TPSA) is 37.3 Å². The van der Waals surface area contributed by atoms with Gasteiger partial charge in [0, 0.05) is 12.0 Å². The molecule has 1 N–H and O–H groups in total. The van der Waals surface area contributed by atoms with Crippen molar-refractivity contribution in [1.82, 2.24) is 0 Å². The highest BCUT2D eigenvalue weighted by Crippen LogP contribution is 2.26. The highest BCUT2D eigenvalue weighted by atomic mass is 16.3. The highest BCUT2D eigenvalue weighted by Gasteiger charge is 2.05. The predicted molar refractivity (Wildman–Crippen MR) is 55.0 cm³/mol. The van der Waals surface area contributed by atoms with Gasteiger partial charge in [0.2, 0.25) is 6.29 Å². The summed E-state index contributed by atoms with van der Waals surface area (Å²) in [7, 11) is 0. The molecule has 0 saturated heterocycles. The van der Waals surface area contributed by atoms with Gasteiger partial charge in [-0.3, -0.25) is 4.79 Å². The molecule has 2 nitrogen and oxygen atoms in total. The lowest BCUT2D eigenvalue weighted by atomic mass is 10.0. The standard InChI is InChI=1S/C12H9O2/c13-8-7-11-10-4-2-1-3-9(10)5-6-12(11)14/h1-6,14H,7H2.